The van der Waals surface area contributed by atoms with Crippen molar-refractivity contribution in [3.63, 3.8) is 0 Å². The molecule has 5 heteroatoms. The Morgan fingerprint density at radius 2 is 2.24 bits per heavy atom. The van der Waals surface area contributed by atoms with E-state index in [0.717, 1.165) is 18.4 Å². The summed E-state index contributed by atoms with van der Waals surface area (Å²) in [5.41, 5.74) is 6.27. The number of halogens is 1. The number of nitrogens with two attached hydrogens (primary N) is 1. The number of hydrogen-bond acceptors (Lipinski definition) is 3. The molecule has 0 spiro atoms. The summed E-state index contributed by atoms with van der Waals surface area (Å²) in [4.78, 5) is 0. The van der Waals surface area contributed by atoms with Crippen LogP contribution in [0.2, 0.25) is 0 Å². The second kappa shape index (κ2) is 6.73. The van der Waals surface area contributed by atoms with Gasteiger partial charge in [-0.05, 0) is 37.5 Å². The molecule has 0 aliphatic heterocycles. The molecule has 4 nitrogen and oxygen atoms in total. The Kier molecular flexibility index (Phi) is 5.26. The second-order valence-corrected chi connectivity index (χ2v) is 3.83. The molecule has 3 N–H and O–H groups in total. The van der Waals surface area contributed by atoms with Crippen molar-refractivity contribution in [1.29, 1.82) is 0 Å². The largest absolute Gasteiger partial charge is 0.491 e. The average Bonchev–Trinajstić information content (AvgIpc) is 2.32. The zero-order valence-electron chi connectivity index (χ0n) is 9.82. The van der Waals surface area contributed by atoms with E-state index >= 15 is 0 Å². The molecule has 0 amide bonds. The van der Waals surface area contributed by atoms with Crippen molar-refractivity contribution in [2.45, 2.75) is 26.2 Å². The number of aryl methyl sites for hydroxylation is 1. The van der Waals surface area contributed by atoms with E-state index in [1.54, 1.807) is 12.1 Å². The van der Waals surface area contributed by atoms with Crippen molar-refractivity contribution >= 4 is 5.84 Å². The molecule has 94 valence electrons. The van der Waals surface area contributed by atoms with Gasteiger partial charge in [0, 0.05) is 6.42 Å². The van der Waals surface area contributed by atoms with Gasteiger partial charge < -0.3 is 15.7 Å². The number of rotatable bonds is 6. The fraction of sp³-hybridized carbons (Fsp3) is 0.417. The maximum atomic E-state index is 13.3. The predicted molar refractivity (Wildman–Crippen MR) is 63.9 cm³/mol. The third-order valence-corrected chi connectivity index (χ3v) is 2.30. The SMILES string of the molecule is Cc1ccc(F)c(OCCCCC(N)=NO)c1. The molecule has 0 unspecified atom stereocenters. The van der Waals surface area contributed by atoms with Crippen LogP contribution in [-0.2, 0) is 0 Å². The maximum Gasteiger partial charge on any atom is 0.165 e. The molecule has 1 rings (SSSR count). The maximum absolute atomic E-state index is 13.3. The van der Waals surface area contributed by atoms with Gasteiger partial charge in [-0.25, -0.2) is 4.39 Å². The first-order valence-corrected chi connectivity index (χ1v) is 5.49. The minimum atomic E-state index is -0.355. The summed E-state index contributed by atoms with van der Waals surface area (Å²) in [6.45, 7) is 2.30. The number of ether oxygens (including phenoxy) is 1. The van der Waals surface area contributed by atoms with Gasteiger partial charge in [-0.15, -0.1) is 0 Å². The van der Waals surface area contributed by atoms with E-state index in [2.05, 4.69) is 5.16 Å². The van der Waals surface area contributed by atoms with E-state index in [-0.39, 0.29) is 17.4 Å². The number of hydrogen-bond donors (Lipinski definition) is 2. The first-order chi connectivity index (χ1) is 8.13. The molecule has 0 aliphatic rings. The molecular weight excluding hydrogens is 223 g/mol. The van der Waals surface area contributed by atoms with Crippen LogP contribution in [0, 0.1) is 12.7 Å². The topological polar surface area (TPSA) is 67.8 Å². The molecule has 0 saturated carbocycles. The molecule has 0 fully saturated rings. The molecule has 0 heterocycles. The number of amidine groups is 1. The van der Waals surface area contributed by atoms with Gasteiger partial charge in [0.05, 0.1) is 6.61 Å². The number of oxime groups is 1. The molecule has 0 radical (unpaired) electrons. The fourth-order valence-electron chi connectivity index (χ4n) is 1.36. The fourth-order valence-corrected chi connectivity index (χ4v) is 1.36. The van der Waals surface area contributed by atoms with Gasteiger partial charge in [-0.3, -0.25) is 0 Å². The van der Waals surface area contributed by atoms with Gasteiger partial charge in [0.15, 0.2) is 11.6 Å². The molecule has 0 aromatic heterocycles. The molecule has 0 aliphatic carbocycles. The van der Waals surface area contributed by atoms with E-state index < -0.39 is 0 Å². The van der Waals surface area contributed by atoms with E-state index in [1.165, 1.54) is 6.07 Å². The van der Waals surface area contributed by atoms with Crippen LogP contribution in [0.4, 0.5) is 4.39 Å². The lowest BCUT2D eigenvalue weighted by molar-refractivity contribution is 0.291. The van der Waals surface area contributed by atoms with Crippen molar-refractivity contribution in [2.75, 3.05) is 6.61 Å². The normalized spacial score (nSPS) is 11.5. The first kappa shape index (κ1) is 13.3. The summed E-state index contributed by atoms with van der Waals surface area (Å²) in [6, 6.07) is 4.75. The van der Waals surface area contributed by atoms with Gasteiger partial charge in [-0.1, -0.05) is 11.2 Å². The van der Waals surface area contributed by atoms with Crippen LogP contribution >= 0.6 is 0 Å². The first-order valence-electron chi connectivity index (χ1n) is 5.49. The minimum absolute atomic E-state index is 0.201. The van der Waals surface area contributed by atoms with Gasteiger partial charge in [-0.2, -0.15) is 0 Å². The van der Waals surface area contributed by atoms with Crippen LogP contribution < -0.4 is 10.5 Å². The Labute approximate surface area is 99.9 Å². The predicted octanol–water partition coefficient (Wildman–Crippen LogP) is 2.43. The molecule has 0 saturated heterocycles. The van der Waals surface area contributed by atoms with Crippen molar-refractivity contribution in [3.05, 3.63) is 29.6 Å². The number of unbranched alkanes of at least 4 members (excludes halogenated alkanes) is 1. The van der Waals surface area contributed by atoms with Crippen LogP contribution in [0.15, 0.2) is 23.4 Å². The average molecular weight is 240 g/mol. The van der Waals surface area contributed by atoms with Crippen LogP contribution in [0.25, 0.3) is 0 Å². The number of nitrogens with zero attached hydrogens (tertiary/aromatic N) is 1. The highest BCUT2D eigenvalue weighted by Gasteiger charge is 2.03. The van der Waals surface area contributed by atoms with Crippen molar-refractivity contribution in [2.24, 2.45) is 10.9 Å². The lowest BCUT2D eigenvalue weighted by Crippen LogP contribution is -2.11. The van der Waals surface area contributed by atoms with E-state index in [4.69, 9.17) is 15.7 Å². The highest BCUT2D eigenvalue weighted by molar-refractivity contribution is 5.79. The van der Waals surface area contributed by atoms with Gasteiger partial charge in [0.25, 0.3) is 0 Å². The minimum Gasteiger partial charge on any atom is -0.491 e. The molecule has 0 atom stereocenters. The van der Waals surface area contributed by atoms with E-state index in [9.17, 15) is 4.39 Å². The monoisotopic (exact) mass is 240 g/mol. The lowest BCUT2D eigenvalue weighted by atomic mass is 10.2. The van der Waals surface area contributed by atoms with Crippen LogP contribution in [0.3, 0.4) is 0 Å². The smallest absolute Gasteiger partial charge is 0.165 e. The van der Waals surface area contributed by atoms with Gasteiger partial charge in [0.1, 0.15) is 5.84 Å². The van der Waals surface area contributed by atoms with E-state index in [1.807, 2.05) is 6.92 Å². The summed E-state index contributed by atoms with van der Waals surface area (Å²) < 4.78 is 18.6. The molecule has 17 heavy (non-hydrogen) atoms. The zero-order chi connectivity index (χ0) is 12.7. The summed E-state index contributed by atoms with van der Waals surface area (Å²) in [6.07, 6.45) is 1.98. The van der Waals surface area contributed by atoms with Crippen molar-refractivity contribution in [1.82, 2.24) is 0 Å². The second-order valence-electron chi connectivity index (χ2n) is 3.83. The Bertz CT molecular complexity index is 394. The van der Waals surface area contributed by atoms with Crippen molar-refractivity contribution in [3.8, 4) is 5.75 Å². The molecular formula is C12H17FN2O2. The van der Waals surface area contributed by atoms with Gasteiger partial charge in [0.2, 0.25) is 0 Å². The molecule has 0 bridgehead atoms. The summed E-state index contributed by atoms with van der Waals surface area (Å²) in [7, 11) is 0. The summed E-state index contributed by atoms with van der Waals surface area (Å²) in [5, 5.41) is 11.2. The van der Waals surface area contributed by atoms with Crippen molar-refractivity contribution < 1.29 is 14.3 Å². The zero-order valence-corrected chi connectivity index (χ0v) is 9.82. The summed E-state index contributed by atoms with van der Waals surface area (Å²) >= 11 is 0. The molecule has 1 aromatic carbocycles. The third kappa shape index (κ3) is 4.72. The van der Waals surface area contributed by atoms with Crippen LogP contribution in [-0.4, -0.2) is 17.6 Å². The summed E-state index contributed by atoms with van der Waals surface area (Å²) in [5.74, 6) is 0.118. The molecule has 1 aromatic rings. The highest BCUT2D eigenvalue weighted by atomic mass is 19.1. The quantitative estimate of drug-likeness (QED) is 0.264. The standard InChI is InChI=1S/C12H17FN2O2/c1-9-5-6-10(13)11(8-9)17-7-3-2-4-12(14)15-16/h5-6,8,16H,2-4,7H2,1H3,(H2,14,15). The van der Waals surface area contributed by atoms with Gasteiger partial charge >= 0.3 is 0 Å². The Hall–Kier alpha value is -1.78. The Morgan fingerprint density at radius 1 is 1.47 bits per heavy atom. The Balaban J connectivity index is 2.29. The van der Waals surface area contributed by atoms with Crippen LogP contribution in [0.1, 0.15) is 24.8 Å². The number of benzene rings is 1. The Morgan fingerprint density at radius 3 is 2.94 bits per heavy atom. The highest BCUT2D eigenvalue weighted by Crippen LogP contribution is 2.18. The van der Waals surface area contributed by atoms with E-state index in [0.29, 0.717) is 13.0 Å². The van der Waals surface area contributed by atoms with Crippen LogP contribution in [0.5, 0.6) is 5.75 Å². The third-order valence-electron chi connectivity index (χ3n) is 2.30. The lowest BCUT2D eigenvalue weighted by Gasteiger charge is -2.07.